The fraction of sp³-hybridized carbons (Fsp3) is 0.462. The van der Waals surface area contributed by atoms with E-state index in [1.54, 1.807) is 0 Å². The summed E-state index contributed by atoms with van der Waals surface area (Å²) in [5.74, 6) is 0. The molecular weight excluding hydrogens is 234 g/mol. The normalized spacial score (nSPS) is 19.3. The first-order valence-corrected chi connectivity index (χ1v) is 6.02. The van der Waals surface area contributed by atoms with Gasteiger partial charge in [0.2, 0.25) is 0 Å². The lowest BCUT2D eigenvalue weighted by Gasteiger charge is -2.25. The molecule has 18 heavy (non-hydrogen) atoms. The predicted molar refractivity (Wildman–Crippen MR) is 64.6 cm³/mol. The maximum absolute atomic E-state index is 11.8. The summed E-state index contributed by atoms with van der Waals surface area (Å²) in [5.41, 5.74) is 0.908. The van der Waals surface area contributed by atoms with Crippen LogP contribution in [0.1, 0.15) is 18.4 Å². The zero-order valence-corrected chi connectivity index (χ0v) is 10.0. The van der Waals surface area contributed by atoms with Gasteiger partial charge in [0, 0.05) is 6.54 Å². The van der Waals surface area contributed by atoms with Gasteiger partial charge in [-0.2, -0.15) is 0 Å². The molecule has 98 valence electrons. The number of benzene rings is 1. The number of carbonyl (C=O) groups is 1. The molecule has 0 radical (unpaired) electrons. The minimum atomic E-state index is -1.50. The number of likely N-dealkylation sites (tertiary alicyclic amines) is 1. The van der Waals surface area contributed by atoms with Crippen molar-refractivity contribution in [3.05, 3.63) is 35.9 Å². The van der Waals surface area contributed by atoms with E-state index in [-0.39, 0.29) is 6.61 Å². The lowest BCUT2D eigenvalue weighted by Crippen LogP contribution is -2.42. The molecule has 1 aromatic rings. The van der Waals surface area contributed by atoms with Gasteiger partial charge in [0.05, 0.1) is 6.04 Å². The molecule has 0 aromatic heterocycles. The van der Waals surface area contributed by atoms with Gasteiger partial charge in [0.1, 0.15) is 6.61 Å². The van der Waals surface area contributed by atoms with Gasteiger partial charge in [-0.3, -0.25) is 0 Å². The topological polar surface area (TPSA) is 70.0 Å². The lowest BCUT2D eigenvalue weighted by molar-refractivity contribution is -0.0874. The molecule has 5 nitrogen and oxygen atoms in total. The average molecular weight is 251 g/mol. The first-order chi connectivity index (χ1) is 8.68. The number of ether oxygens (including phenoxy) is 1. The van der Waals surface area contributed by atoms with Crippen molar-refractivity contribution in [1.82, 2.24) is 4.90 Å². The van der Waals surface area contributed by atoms with Crippen LogP contribution in [0.4, 0.5) is 4.79 Å². The van der Waals surface area contributed by atoms with Crippen LogP contribution >= 0.6 is 0 Å². The van der Waals surface area contributed by atoms with Crippen LogP contribution in [0.25, 0.3) is 0 Å². The Hall–Kier alpha value is -1.59. The highest BCUT2D eigenvalue weighted by Crippen LogP contribution is 2.20. The summed E-state index contributed by atoms with van der Waals surface area (Å²) in [6.45, 7) is 0.709. The van der Waals surface area contributed by atoms with Crippen LogP contribution in [0.2, 0.25) is 0 Å². The van der Waals surface area contributed by atoms with Gasteiger partial charge in [-0.05, 0) is 18.4 Å². The van der Waals surface area contributed by atoms with E-state index < -0.39 is 18.4 Å². The van der Waals surface area contributed by atoms with Crippen LogP contribution in [0, 0.1) is 0 Å². The molecule has 1 fully saturated rings. The molecule has 1 saturated heterocycles. The van der Waals surface area contributed by atoms with Crippen LogP contribution in [0.3, 0.4) is 0 Å². The second kappa shape index (κ2) is 5.84. The number of nitrogens with zero attached hydrogens (tertiary/aromatic N) is 1. The molecule has 0 aliphatic carbocycles. The Morgan fingerprint density at radius 2 is 2.11 bits per heavy atom. The fourth-order valence-electron chi connectivity index (χ4n) is 2.13. The highest BCUT2D eigenvalue weighted by molar-refractivity contribution is 5.68. The van der Waals surface area contributed by atoms with E-state index in [1.165, 1.54) is 4.90 Å². The quantitative estimate of drug-likeness (QED) is 0.789. The maximum atomic E-state index is 11.8. The molecule has 0 spiro atoms. The largest absolute Gasteiger partial charge is 0.445 e. The molecule has 1 heterocycles. The van der Waals surface area contributed by atoms with Crippen LogP contribution < -0.4 is 0 Å². The predicted octanol–water partition coefficient (Wildman–Crippen LogP) is 1.10. The summed E-state index contributed by atoms with van der Waals surface area (Å²) in [6, 6.07) is 8.83. The summed E-state index contributed by atoms with van der Waals surface area (Å²) in [5, 5.41) is 18.3. The molecular formula is C13H17NO4. The Bertz CT molecular complexity index is 393. The van der Waals surface area contributed by atoms with Gasteiger partial charge in [-0.15, -0.1) is 0 Å². The van der Waals surface area contributed by atoms with Crippen LogP contribution in [0.5, 0.6) is 0 Å². The fourth-order valence-corrected chi connectivity index (χ4v) is 2.13. The number of hydrogen-bond acceptors (Lipinski definition) is 4. The minimum Gasteiger partial charge on any atom is -0.445 e. The molecule has 1 aliphatic heterocycles. The second-order valence-corrected chi connectivity index (χ2v) is 4.36. The van der Waals surface area contributed by atoms with Crippen molar-refractivity contribution < 1.29 is 19.7 Å². The molecule has 2 rings (SSSR count). The van der Waals surface area contributed by atoms with E-state index in [4.69, 9.17) is 14.9 Å². The summed E-state index contributed by atoms with van der Waals surface area (Å²) in [4.78, 5) is 13.2. The van der Waals surface area contributed by atoms with Gasteiger partial charge in [0.25, 0.3) is 0 Å². The molecule has 1 amide bonds. The number of aliphatic hydroxyl groups excluding tert-OH is 1. The van der Waals surface area contributed by atoms with E-state index >= 15 is 0 Å². The first-order valence-electron chi connectivity index (χ1n) is 6.02. The van der Waals surface area contributed by atoms with Crippen molar-refractivity contribution in [2.24, 2.45) is 0 Å². The Morgan fingerprint density at radius 3 is 2.78 bits per heavy atom. The summed E-state index contributed by atoms with van der Waals surface area (Å²) in [7, 11) is 0. The SMILES string of the molecule is O=C(OCc1ccccc1)N1CCC[C@H]1C(O)O. The van der Waals surface area contributed by atoms with Gasteiger partial charge >= 0.3 is 6.09 Å². The summed E-state index contributed by atoms with van der Waals surface area (Å²) in [6.07, 6.45) is -0.632. The Morgan fingerprint density at radius 1 is 1.39 bits per heavy atom. The van der Waals surface area contributed by atoms with Gasteiger partial charge in [-0.1, -0.05) is 30.3 Å². The molecule has 1 aliphatic rings. The van der Waals surface area contributed by atoms with Gasteiger partial charge in [0.15, 0.2) is 6.29 Å². The van der Waals surface area contributed by atoms with Crippen molar-refractivity contribution in [3.63, 3.8) is 0 Å². The zero-order chi connectivity index (χ0) is 13.0. The van der Waals surface area contributed by atoms with Crippen molar-refractivity contribution in [2.75, 3.05) is 6.54 Å². The molecule has 0 saturated carbocycles. The number of aliphatic hydroxyl groups is 2. The van der Waals surface area contributed by atoms with E-state index in [0.717, 1.165) is 12.0 Å². The average Bonchev–Trinajstić information content (AvgIpc) is 2.86. The summed E-state index contributed by atoms with van der Waals surface area (Å²) < 4.78 is 5.16. The number of amides is 1. The molecule has 0 bridgehead atoms. The van der Waals surface area contributed by atoms with Crippen molar-refractivity contribution >= 4 is 6.09 Å². The third-order valence-corrected chi connectivity index (χ3v) is 3.08. The lowest BCUT2D eigenvalue weighted by atomic mass is 10.2. The third-order valence-electron chi connectivity index (χ3n) is 3.08. The van der Waals surface area contributed by atoms with E-state index in [2.05, 4.69) is 0 Å². The van der Waals surface area contributed by atoms with Crippen molar-refractivity contribution in [1.29, 1.82) is 0 Å². The maximum Gasteiger partial charge on any atom is 0.410 e. The van der Waals surface area contributed by atoms with E-state index in [9.17, 15) is 4.79 Å². The smallest absolute Gasteiger partial charge is 0.410 e. The third kappa shape index (κ3) is 3.00. The number of carbonyl (C=O) groups excluding carboxylic acids is 1. The molecule has 1 aromatic carbocycles. The Labute approximate surface area is 106 Å². The molecule has 1 atom stereocenters. The van der Waals surface area contributed by atoms with Gasteiger partial charge in [-0.25, -0.2) is 4.79 Å². The molecule has 2 N–H and O–H groups in total. The van der Waals surface area contributed by atoms with E-state index in [1.807, 2.05) is 30.3 Å². The van der Waals surface area contributed by atoms with Crippen molar-refractivity contribution in [3.8, 4) is 0 Å². The molecule has 0 unspecified atom stereocenters. The summed E-state index contributed by atoms with van der Waals surface area (Å²) >= 11 is 0. The van der Waals surface area contributed by atoms with Crippen LogP contribution in [-0.2, 0) is 11.3 Å². The van der Waals surface area contributed by atoms with E-state index in [0.29, 0.717) is 13.0 Å². The highest BCUT2D eigenvalue weighted by atomic mass is 16.6. The van der Waals surface area contributed by atoms with Crippen LogP contribution in [0.15, 0.2) is 30.3 Å². The highest BCUT2D eigenvalue weighted by Gasteiger charge is 2.34. The van der Waals surface area contributed by atoms with Crippen molar-refractivity contribution in [2.45, 2.75) is 31.8 Å². The Kier molecular flexibility index (Phi) is 4.17. The van der Waals surface area contributed by atoms with Crippen LogP contribution in [-0.4, -0.2) is 40.1 Å². The molecule has 5 heteroatoms. The Balaban J connectivity index is 1.88. The first kappa shape index (κ1) is 12.9. The standard InChI is InChI=1S/C13H17NO4/c15-12(16)11-7-4-8-14(11)13(17)18-9-10-5-2-1-3-6-10/h1-3,5-6,11-12,15-16H,4,7-9H2/t11-/m0/s1. The monoisotopic (exact) mass is 251 g/mol. The number of rotatable bonds is 3. The zero-order valence-electron chi connectivity index (χ0n) is 10.0. The minimum absolute atomic E-state index is 0.199. The number of hydrogen-bond donors (Lipinski definition) is 2. The second-order valence-electron chi connectivity index (χ2n) is 4.36. The van der Waals surface area contributed by atoms with Gasteiger partial charge < -0.3 is 19.8 Å².